The molecule has 1 fully saturated rings. The molecular weight excluding hydrogens is 323 g/mol. The molecule has 2 rings (SSSR count). The summed E-state index contributed by atoms with van der Waals surface area (Å²) in [6, 6.07) is 4.31. The van der Waals surface area contributed by atoms with Crippen molar-refractivity contribution in [3.63, 3.8) is 0 Å². The number of halogens is 1. The highest BCUT2D eigenvalue weighted by Crippen LogP contribution is 2.16. The van der Waals surface area contributed by atoms with Crippen LogP contribution in [0.4, 0.5) is 4.39 Å². The quantitative estimate of drug-likeness (QED) is 0.839. The average Bonchev–Trinajstić information content (AvgIpc) is 3.01. The van der Waals surface area contributed by atoms with Gasteiger partial charge in [0.2, 0.25) is 15.9 Å². The van der Waals surface area contributed by atoms with Crippen LogP contribution in [0.25, 0.3) is 0 Å². The molecule has 0 bridgehead atoms. The van der Waals surface area contributed by atoms with Crippen molar-refractivity contribution in [2.45, 2.75) is 36.8 Å². The van der Waals surface area contributed by atoms with Gasteiger partial charge in [0.15, 0.2) is 0 Å². The van der Waals surface area contributed by atoms with Crippen molar-refractivity contribution in [3.8, 4) is 0 Å². The normalized spacial score (nSPS) is 19.7. The van der Waals surface area contributed by atoms with Crippen molar-refractivity contribution >= 4 is 15.9 Å². The van der Waals surface area contributed by atoms with Crippen LogP contribution < -0.4 is 5.32 Å². The number of benzene rings is 1. The molecule has 1 heterocycles. The van der Waals surface area contributed by atoms with Gasteiger partial charge in [-0.05, 0) is 44.0 Å². The first-order valence-corrected chi connectivity index (χ1v) is 8.87. The van der Waals surface area contributed by atoms with Crippen LogP contribution in [0.2, 0.25) is 0 Å². The maximum atomic E-state index is 12.9. The van der Waals surface area contributed by atoms with Gasteiger partial charge in [-0.1, -0.05) is 0 Å². The fraction of sp³-hybridized carbons (Fsp3) is 0.533. The van der Waals surface area contributed by atoms with E-state index < -0.39 is 21.7 Å². The molecule has 128 valence electrons. The van der Waals surface area contributed by atoms with Gasteiger partial charge < -0.3 is 10.1 Å². The number of hydrogen-bond donors (Lipinski definition) is 1. The SMILES string of the molecule is CC(NC(=O)CN(C)S(=O)(=O)c1ccc(F)cc1)C1CCCO1. The third-order valence-corrected chi connectivity index (χ3v) is 5.62. The number of carbonyl (C=O) groups is 1. The molecule has 1 saturated heterocycles. The smallest absolute Gasteiger partial charge is 0.243 e. The molecule has 6 nitrogen and oxygen atoms in total. The number of hydrogen-bond acceptors (Lipinski definition) is 4. The van der Waals surface area contributed by atoms with Crippen LogP contribution in [0, 0.1) is 5.82 Å². The van der Waals surface area contributed by atoms with Crippen molar-refractivity contribution in [1.29, 1.82) is 0 Å². The Morgan fingerprint density at radius 3 is 2.65 bits per heavy atom. The van der Waals surface area contributed by atoms with E-state index in [-0.39, 0.29) is 23.6 Å². The summed E-state index contributed by atoms with van der Waals surface area (Å²) in [6.07, 6.45) is 1.81. The molecule has 2 atom stereocenters. The number of carbonyl (C=O) groups excluding carboxylic acids is 1. The van der Waals surface area contributed by atoms with Gasteiger partial charge in [0.05, 0.1) is 23.6 Å². The van der Waals surface area contributed by atoms with Gasteiger partial charge in [-0.2, -0.15) is 4.31 Å². The summed E-state index contributed by atoms with van der Waals surface area (Å²) in [5.74, 6) is -0.920. The van der Waals surface area contributed by atoms with Crippen molar-refractivity contribution in [2.75, 3.05) is 20.2 Å². The van der Waals surface area contributed by atoms with Crippen LogP contribution in [0.5, 0.6) is 0 Å². The Balaban J connectivity index is 1.95. The Bertz CT molecular complexity index is 642. The zero-order valence-corrected chi connectivity index (χ0v) is 14.0. The first kappa shape index (κ1) is 17.8. The van der Waals surface area contributed by atoms with E-state index in [1.165, 1.54) is 19.2 Å². The van der Waals surface area contributed by atoms with Gasteiger partial charge in [0, 0.05) is 13.7 Å². The molecule has 1 aliphatic rings. The molecule has 1 N–H and O–H groups in total. The Hall–Kier alpha value is -1.51. The molecule has 1 amide bonds. The van der Waals surface area contributed by atoms with Crippen molar-refractivity contribution in [2.24, 2.45) is 0 Å². The lowest BCUT2D eigenvalue weighted by atomic mass is 10.1. The molecule has 1 aromatic carbocycles. The second-order valence-corrected chi connectivity index (χ2v) is 7.67. The second-order valence-electron chi connectivity index (χ2n) is 5.62. The number of amides is 1. The van der Waals surface area contributed by atoms with Gasteiger partial charge in [-0.15, -0.1) is 0 Å². The minimum Gasteiger partial charge on any atom is -0.376 e. The average molecular weight is 344 g/mol. The fourth-order valence-electron chi connectivity index (χ4n) is 2.46. The zero-order chi connectivity index (χ0) is 17.0. The Morgan fingerprint density at radius 2 is 2.09 bits per heavy atom. The third kappa shape index (κ3) is 4.49. The van der Waals surface area contributed by atoms with Crippen molar-refractivity contribution < 1.29 is 22.3 Å². The number of ether oxygens (including phenoxy) is 1. The van der Waals surface area contributed by atoms with Crippen LogP contribution in [0.3, 0.4) is 0 Å². The standard InChI is InChI=1S/C15H21FN2O4S/c1-11(14-4-3-9-22-14)17-15(19)10-18(2)23(20,21)13-7-5-12(16)6-8-13/h5-8,11,14H,3-4,9-10H2,1-2H3,(H,17,19). The molecule has 1 aromatic rings. The van der Waals surface area contributed by atoms with Gasteiger partial charge in [-0.25, -0.2) is 12.8 Å². The van der Waals surface area contributed by atoms with Crippen LogP contribution >= 0.6 is 0 Å². The summed E-state index contributed by atoms with van der Waals surface area (Å²) in [6.45, 7) is 2.21. The number of sulfonamides is 1. The summed E-state index contributed by atoms with van der Waals surface area (Å²) in [5.41, 5.74) is 0. The molecule has 23 heavy (non-hydrogen) atoms. The van der Waals surface area contributed by atoms with Gasteiger partial charge >= 0.3 is 0 Å². The Morgan fingerprint density at radius 1 is 1.43 bits per heavy atom. The molecule has 0 aromatic heterocycles. The Labute approximate surface area is 135 Å². The van der Waals surface area contributed by atoms with E-state index in [0.717, 1.165) is 29.3 Å². The topological polar surface area (TPSA) is 75.7 Å². The maximum Gasteiger partial charge on any atom is 0.243 e. The van der Waals surface area contributed by atoms with E-state index >= 15 is 0 Å². The maximum absolute atomic E-state index is 12.9. The summed E-state index contributed by atoms with van der Waals surface area (Å²) >= 11 is 0. The lowest BCUT2D eigenvalue weighted by molar-refractivity contribution is -0.122. The first-order valence-electron chi connectivity index (χ1n) is 7.43. The zero-order valence-electron chi connectivity index (χ0n) is 13.2. The third-order valence-electron chi connectivity index (χ3n) is 3.80. The molecule has 0 saturated carbocycles. The van der Waals surface area contributed by atoms with Crippen LogP contribution in [-0.2, 0) is 19.6 Å². The minimum atomic E-state index is -3.83. The van der Waals surface area contributed by atoms with E-state index in [1.54, 1.807) is 0 Å². The van der Waals surface area contributed by atoms with E-state index in [9.17, 15) is 17.6 Å². The lowest BCUT2D eigenvalue weighted by Crippen LogP contribution is -2.45. The highest BCUT2D eigenvalue weighted by atomic mass is 32.2. The van der Waals surface area contributed by atoms with Crippen LogP contribution in [0.1, 0.15) is 19.8 Å². The highest BCUT2D eigenvalue weighted by Gasteiger charge is 2.26. The second kappa shape index (κ2) is 7.37. The number of nitrogens with zero attached hydrogens (tertiary/aromatic N) is 1. The highest BCUT2D eigenvalue weighted by molar-refractivity contribution is 7.89. The molecule has 0 spiro atoms. The van der Waals surface area contributed by atoms with E-state index in [2.05, 4.69) is 5.32 Å². The monoisotopic (exact) mass is 344 g/mol. The number of rotatable bonds is 6. The predicted octanol–water partition coefficient (Wildman–Crippen LogP) is 1.13. The van der Waals surface area contributed by atoms with Crippen molar-refractivity contribution in [1.82, 2.24) is 9.62 Å². The molecule has 2 unspecified atom stereocenters. The minimum absolute atomic E-state index is 0.0297. The summed E-state index contributed by atoms with van der Waals surface area (Å²) in [4.78, 5) is 12.0. The molecule has 1 aliphatic heterocycles. The molecule has 0 aliphatic carbocycles. The molecule has 0 radical (unpaired) electrons. The largest absolute Gasteiger partial charge is 0.376 e. The molecule has 8 heteroatoms. The summed E-state index contributed by atoms with van der Waals surface area (Å²) < 4.78 is 44.0. The first-order chi connectivity index (χ1) is 10.8. The van der Waals surface area contributed by atoms with E-state index in [1.807, 2.05) is 6.92 Å². The van der Waals surface area contributed by atoms with E-state index in [0.29, 0.717) is 6.61 Å². The lowest BCUT2D eigenvalue weighted by Gasteiger charge is -2.22. The van der Waals surface area contributed by atoms with Crippen LogP contribution in [-0.4, -0.2) is 51.0 Å². The fourth-order valence-corrected chi connectivity index (χ4v) is 3.59. The van der Waals surface area contributed by atoms with Gasteiger partial charge in [-0.3, -0.25) is 4.79 Å². The van der Waals surface area contributed by atoms with Gasteiger partial charge in [0.1, 0.15) is 5.82 Å². The van der Waals surface area contributed by atoms with Crippen LogP contribution in [0.15, 0.2) is 29.2 Å². The predicted molar refractivity (Wildman–Crippen MR) is 82.8 cm³/mol. The van der Waals surface area contributed by atoms with Gasteiger partial charge in [0.25, 0.3) is 0 Å². The number of likely N-dealkylation sites (N-methyl/N-ethyl adjacent to an activating group) is 1. The number of nitrogens with one attached hydrogen (secondary N) is 1. The summed E-state index contributed by atoms with van der Waals surface area (Å²) in [5, 5.41) is 2.76. The van der Waals surface area contributed by atoms with Crippen molar-refractivity contribution in [3.05, 3.63) is 30.1 Å². The van der Waals surface area contributed by atoms with E-state index in [4.69, 9.17) is 4.74 Å². The summed E-state index contributed by atoms with van der Waals surface area (Å²) in [7, 11) is -2.52. The Kier molecular flexibility index (Phi) is 5.72. The molecular formula is C15H21FN2O4S.